The maximum Gasteiger partial charge on any atom is 0.246 e. The Labute approximate surface area is 250 Å². The fourth-order valence-corrected chi connectivity index (χ4v) is 6.86. The molecule has 0 aliphatic carbocycles. The van der Waals surface area contributed by atoms with Crippen LogP contribution in [-0.4, -0.2) is 60.6 Å². The second-order valence-corrected chi connectivity index (χ2v) is 12.8. The minimum Gasteiger partial charge on any atom is -0.340 e. The van der Waals surface area contributed by atoms with Crippen LogP contribution in [-0.2, 0) is 24.3 Å². The van der Waals surface area contributed by atoms with Gasteiger partial charge in [-0.05, 0) is 63.1 Å². The van der Waals surface area contributed by atoms with Crippen molar-refractivity contribution in [3.8, 4) is 0 Å². The summed E-state index contributed by atoms with van der Waals surface area (Å²) in [5, 5.41) is 10.3. The van der Waals surface area contributed by atoms with Crippen LogP contribution < -0.4 is 5.32 Å². The van der Waals surface area contributed by atoms with Gasteiger partial charge in [-0.15, -0.1) is 11.3 Å². The molecule has 8 nitrogen and oxygen atoms in total. The number of aromatic nitrogens is 4. The number of fused-ring (bicyclic) bond motifs is 4. The van der Waals surface area contributed by atoms with E-state index in [9.17, 15) is 4.79 Å². The summed E-state index contributed by atoms with van der Waals surface area (Å²) < 4.78 is 2.03. The predicted molar refractivity (Wildman–Crippen MR) is 171 cm³/mol. The third kappa shape index (κ3) is 5.80. The Morgan fingerprint density at radius 3 is 2.76 bits per heavy atom. The monoisotopic (exact) mass is 579 g/mol. The van der Waals surface area contributed by atoms with E-state index in [2.05, 4.69) is 95.4 Å². The number of likely N-dealkylation sites (N-methyl/N-ethyl adjacent to an activating group) is 1. The zero-order valence-electron chi connectivity index (χ0n) is 24.7. The Hall–Kier alpha value is -4.08. The first-order valence-corrected chi connectivity index (χ1v) is 15.3. The van der Waals surface area contributed by atoms with Gasteiger partial charge in [0.05, 0.1) is 30.2 Å². The Bertz CT molecular complexity index is 1750. The number of nitrogens with zero attached hydrogens (tertiary/aromatic N) is 6. The van der Waals surface area contributed by atoms with Crippen LogP contribution in [0, 0.1) is 0 Å². The molecule has 6 rings (SSSR count). The molecule has 0 radical (unpaired) electrons. The van der Waals surface area contributed by atoms with Gasteiger partial charge in [-0.3, -0.25) is 14.4 Å². The predicted octanol–water partition coefficient (Wildman–Crippen LogP) is 6.39. The van der Waals surface area contributed by atoms with Crippen LogP contribution in [0.5, 0.6) is 0 Å². The number of anilines is 2. The number of nitrogens with one attached hydrogen (secondary N) is 1. The number of carbonyl (C=O) groups is 1. The van der Waals surface area contributed by atoms with E-state index in [0.29, 0.717) is 13.1 Å². The zero-order chi connectivity index (χ0) is 29.3. The van der Waals surface area contributed by atoms with Crippen molar-refractivity contribution in [2.24, 2.45) is 0 Å². The lowest BCUT2D eigenvalue weighted by Gasteiger charge is -2.33. The summed E-state index contributed by atoms with van der Waals surface area (Å²) in [7, 11) is 0. The van der Waals surface area contributed by atoms with Crippen LogP contribution in [0.3, 0.4) is 0 Å². The lowest BCUT2D eigenvalue weighted by molar-refractivity contribution is -0.126. The molecule has 9 heteroatoms. The normalized spacial score (nSPS) is 13.9. The first-order chi connectivity index (χ1) is 20.3. The van der Waals surface area contributed by atoms with Gasteiger partial charge in [0.25, 0.3) is 0 Å². The van der Waals surface area contributed by atoms with Gasteiger partial charge in [-0.1, -0.05) is 43.3 Å². The van der Waals surface area contributed by atoms with Crippen molar-refractivity contribution in [3.05, 3.63) is 89.2 Å². The number of rotatable bonds is 8. The molecule has 42 heavy (non-hydrogen) atoms. The largest absolute Gasteiger partial charge is 0.340 e. The number of carbonyl (C=O) groups excluding carboxylic acids is 1. The zero-order valence-corrected chi connectivity index (χ0v) is 25.5. The summed E-state index contributed by atoms with van der Waals surface area (Å²) in [5.74, 6) is 0.864. The van der Waals surface area contributed by atoms with Crippen molar-refractivity contribution in [1.29, 1.82) is 0 Å². The molecule has 2 aromatic carbocycles. The van der Waals surface area contributed by atoms with Crippen LogP contribution in [0.25, 0.3) is 21.1 Å². The van der Waals surface area contributed by atoms with Crippen molar-refractivity contribution in [2.75, 3.05) is 25.0 Å². The molecule has 4 heterocycles. The van der Waals surface area contributed by atoms with E-state index in [-0.39, 0.29) is 11.4 Å². The molecule has 1 aliphatic rings. The van der Waals surface area contributed by atoms with E-state index in [0.717, 1.165) is 58.7 Å². The van der Waals surface area contributed by atoms with Crippen molar-refractivity contribution in [1.82, 2.24) is 29.5 Å². The summed E-state index contributed by atoms with van der Waals surface area (Å²) in [5.41, 5.74) is 4.57. The molecule has 3 aromatic heterocycles. The average Bonchev–Trinajstić information content (AvgIpc) is 3.56. The highest BCUT2D eigenvalue weighted by Crippen LogP contribution is 2.38. The topological polar surface area (TPSA) is 79.2 Å². The molecule has 0 atom stereocenters. The number of hydrogen-bond acceptors (Lipinski definition) is 7. The molecule has 0 unspecified atom stereocenters. The number of thiophene rings is 1. The van der Waals surface area contributed by atoms with Gasteiger partial charge in [0, 0.05) is 40.7 Å². The third-order valence-electron chi connectivity index (χ3n) is 7.94. The summed E-state index contributed by atoms with van der Waals surface area (Å²) in [4.78, 5) is 28.7. The van der Waals surface area contributed by atoms with E-state index in [1.165, 1.54) is 16.0 Å². The second kappa shape index (κ2) is 11.7. The lowest BCUT2D eigenvalue weighted by atomic mass is 10.0. The molecular formula is C33H37N7OS. The van der Waals surface area contributed by atoms with Crippen LogP contribution in [0.4, 0.5) is 11.5 Å². The van der Waals surface area contributed by atoms with Crippen LogP contribution in [0.2, 0.25) is 0 Å². The van der Waals surface area contributed by atoms with Gasteiger partial charge >= 0.3 is 0 Å². The van der Waals surface area contributed by atoms with Gasteiger partial charge in [0.1, 0.15) is 17.0 Å². The highest BCUT2D eigenvalue weighted by molar-refractivity contribution is 7.19. The number of benzene rings is 2. The number of hydrogen-bond donors (Lipinski definition) is 1. The lowest BCUT2D eigenvalue weighted by Crippen LogP contribution is -2.41. The van der Waals surface area contributed by atoms with Crippen LogP contribution >= 0.6 is 11.3 Å². The molecule has 0 saturated heterocycles. The van der Waals surface area contributed by atoms with E-state index in [1.807, 2.05) is 27.9 Å². The maximum absolute atomic E-state index is 13.0. The highest BCUT2D eigenvalue weighted by atomic mass is 32.1. The van der Waals surface area contributed by atoms with Crippen LogP contribution in [0.15, 0.2) is 73.2 Å². The second-order valence-electron chi connectivity index (χ2n) is 11.7. The fourth-order valence-electron chi connectivity index (χ4n) is 5.66. The minimum absolute atomic E-state index is 0.0635. The first kappa shape index (κ1) is 28.1. The summed E-state index contributed by atoms with van der Waals surface area (Å²) in [6, 6.07) is 16.7. The maximum atomic E-state index is 13.0. The first-order valence-electron chi connectivity index (χ1n) is 14.5. The molecule has 1 N–H and O–H groups in total. The Balaban J connectivity index is 1.18. The Morgan fingerprint density at radius 2 is 1.98 bits per heavy atom. The third-order valence-corrected chi connectivity index (χ3v) is 9.07. The Kier molecular flexibility index (Phi) is 7.79. The van der Waals surface area contributed by atoms with Gasteiger partial charge < -0.3 is 10.2 Å². The van der Waals surface area contributed by atoms with E-state index in [1.54, 1.807) is 23.7 Å². The van der Waals surface area contributed by atoms with E-state index in [4.69, 9.17) is 0 Å². The molecule has 216 valence electrons. The average molecular weight is 580 g/mol. The SMILES string of the molecule is CCN(C/C=C/C(=O)N1CCc2c(sc3ncnc(Nc4ccc5c(cnn5Cc5ccccc5)c4)c23)C1)C(C)(C)C. The summed E-state index contributed by atoms with van der Waals surface area (Å²) in [6.07, 6.45) is 8.04. The molecule has 0 saturated carbocycles. The van der Waals surface area contributed by atoms with Crippen molar-refractivity contribution >= 4 is 49.9 Å². The highest BCUT2D eigenvalue weighted by Gasteiger charge is 2.26. The molecule has 1 amide bonds. The molecule has 0 spiro atoms. The van der Waals surface area contributed by atoms with Crippen molar-refractivity contribution in [2.45, 2.75) is 52.7 Å². The van der Waals surface area contributed by atoms with E-state index < -0.39 is 0 Å². The minimum atomic E-state index is 0.0635. The quantitative estimate of drug-likeness (QED) is 0.215. The van der Waals surface area contributed by atoms with Gasteiger partial charge in [0.15, 0.2) is 0 Å². The van der Waals surface area contributed by atoms with Gasteiger partial charge in [-0.2, -0.15) is 5.10 Å². The molecule has 1 aliphatic heterocycles. The standard InChI is InChI=1S/C33H37N7OS/c1-5-39(33(2,3)4)16-9-12-29(41)38-17-15-26-28(21-38)42-32-30(26)31(34-22-35-32)37-25-13-14-27-24(18-25)19-36-40(27)20-23-10-7-6-8-11-23/h6-14,18-19,22H,5,15-17,20-21H2,1-4H3,(H,34,35,37)/b12-9+. The van der Waals surface area contributed by atoms with Gasteiger partial charge in [0.2, 0.25) is 5.91 Å². The van der Waals surface area contributed by atoms with Crippen molar-refractivity contribution < 1.29 is 4.79 Å². The number of amides is 1. The summed E-state index contributed by atoms with van der Waals surface area (Å²) >= 11 is 1.66. The molecule has 5 aromatic rings. The van der Waals surface area contributed by atoms with Crippen molar-refractivity contribution in [3.63, 3.8) is 0 Å². The molecule has 0 bridgehead atoms. The molecule has 0 fully saturated rings. The van der Waals surface area contributed by atoms with E-state index >= 15 is 0 Å². The smallest absolute Gasteiger partial charge is 0.246 e. The fraction of sp³-hybridized carbons (Fsp3) is 0.333. The van der Waals surface area contributed by atoms with Gasteiger partial charge in [-0.25, -0.2) is 9.97 Å². The molecular weight excluding hydrogens is 542 g/mol. The Morgan fingerprint density at radius 1 is 1.14 bits per heavy atom. The van der Waals surface area contributed by atoms with Crippen LogP contribution in [0.1, 0.15) is 43.7 Å². The summed E-state index contributed by atoms with van der Waals surface area (Å²) in [6.45, 7) is 12.5.